The van der Waals surface area contributed by atoms with Gasteiger partial charge in [-0.2, -0.15) is 0 Å². The lowest BCUT2D eigenvalue weighted by molar-refractivity contribution is 1.63. The highest BCUT2D eigenvalue weighted by Crippen LogP contribution is 2.43. The maximum absolute atomic E-state index is 2.41. The van der Waals surface area contributed by atoms with Crippen LogP contribution in [-0.4, -0.2) is 0 Å². The van der Waals surface area contributed by atoms with E-state index in [1.807, 2.05) is 0 Å². The molecule has 0 fully saturated rings. The molecule has 9 aromatic rings. The molecule has 44 heavy (non-hydrogen) atoms. The Morgan fingerprint density at radius 2 is 0.727 bits per heavy atom. The Hall–Kier alpha value is -5.72. The highest BCUT2D eigenvalue weighted by molar-refractivity contribution is 6.26. The summed E-state index contributed by atoms with van der Waals surface area (Å²) in [5.41, 5.74) is 7.50. The third kappa shape index (κ3) is 3.92. The average molecular weight is 557 g/mol. The molecular formula is C44H28. The molecule has 0 amide bonds. The van der Waals surface area contributed by atoms with Gasteiger partial charge in [0.05, 0.1) is 0 Å². The van der Waals surface area contributed by atoms with E-state index in [4.69, 9.17) is 0 Å². The van der Waals surface area contributed by atoms with Gasteiger partial charge in [0.15, 0.2) is 0 Å². The monoisotopic (exact) mass is 556 g/mol. The number of fused-ring (bicyclic) bond motifs is 7. The van der Waals surface area contributed by atoms with E-state index in [-0.39, 0.29) is 0 Å². The zero-order chi connectivity index (χ0) is 29.0. The fraction of sp³-hybridized carbons (Fsp3) is 0. The van der Waals surface area contributed by atoms with E-state index in [2.05, 4.69) is 170 Å². The highest BCUT2D eigenvalue weighted by atomic mass is 14.2. The van der Waals surface area contributed by atoms with Crippen LogP contribution < -0.4 is 0 Å². The van der Waals surface area contributed by atoms with Crippen molar-refractivity contribution < 1.29 is 0 Å². The van der Waals surface area contributed by atoms with Crippen LogP contribution in [0.1, 0.15) is 0 Å². The van der Waals surface area contributed by atoms with Crippen LogP contribution in [0.5, 0.6) is 0 Å². The number of rotatable bonds is 3. The van der Waals surface area contributed by atoms with Gasteiger partial charge in [-0.15, -0.1) is 0 Å². The summed E-state index contributed by atoms with van der Waals surface area (Å²) in [5, 5.41) is 12.8. The summed E-state index contributed by atoms with van der Waals surface area (Å²) in [7, 11) is 0. The normalized spacial score (nSPS) is 11.6. The molecule has 0 aliphatic heterocycles. The zero-order valence-corrected chi connectivity index (χ0v) is 24.2. The summed E-state index contributed by atoms with van der Waals surface area (Å²) in [4.78, 5) is 0. The van der Waals surface area contributed by atoms with Crippen molar-refractivity contribution >= 4 is 53.9 Å². The first kappa shape index (κ1) is 24.8. The van der Waals surface area contributed by atoms with Crippen molar-refractivity contribution in [1.82, 2.24) is 0 Å². The summed E-state index contributed by atoms with van der Waals surface area (Å²) in [6, 6.07) is 62.4. The van der Waals surface area contributed by atoms with E-state index in [0.717, 1.165) is 0 Å². The molecule has 0 radical (unpaired) electrons. The van der Waals surface area contributed by atoms with Crippen molar-refractivity contribution in [1.29, 1.82) is 0 Å². The molecule has 9 aromatic carbocycles. The molecule has 0 aliphatic carbocycles. The van der Waals surface area contributed by atoms with Gasteiger partial charge in [0.25, 0.3) is 0 Å². The quantitative estimate of drug-likeness (QED) is 0.190. The van der Waals surface area contributed by atoms with Gasteiger partial charge in [-0.3, -0.25) is 0 Å². The fourth-order valence-electron chi connectivity index (χ4n) is 7.15. The Labute approximate surface area is 256 Å². The Balaban J connectivity index is 1.32. The molecule has 0 N–H and O–H groups in total. The summed E-state index contributed by atoms with van der Waals surface area (Å²) in [5.74, 6) is 0. The van der Waals surface area contributed by atoms with E-state index in [9.17, 15) is 0 Å². The first-order valence-electron chi connectivity index (χ1n) is 15.3. The Morgan fingerprint density at radius 3 is 1.43 bits per heavy atom. The molecule has 204 valence electrons. The predicted molar refractivity (Wildman–Crippen MR) is 190 cm³/mol. The van der Waals surface area contributed by atoms with Crippen molar-refractivity contribution in [2.45, 2.75) is 0 Å². The average Bonchev–Trinajstić information content (AvgIpc) is 3.10. The van der Waals surface area contributed by atoms with E-state index >= 15 is 0 Å². The Morgan fingerprint density at radius 1 is 0.227 bits per heavy atom. The van der Waals surface area contributed by atoms with E-state index in [0.29, 0.717) is 0 Å². The first-order valence-corrected chi connectivity index (χ1v) is 15.3. The molecule has 0 spiro atoms. The molecule has 0 unspecified atom stereocenters. The number of hydrogen-bond acceptors (Lipinski definition) is 0. The number of benzene rings is 9. The Kier molecular flexibility index (Phi) is 5.61. The standard InChI is InChI=1S/C44H28/c1-2-13-31-25-34(24-23-29(31)11-1)43-28-35-27-42(38-18-5-7-20-40(38)44(35)41-21-8-6-19-39(41)43)33-16-9-15-32(26-33)37-22-10-14-30-12-3-4-17-36(30)37/h1-28H. The van der Waals surface area contributed by atoms with Gasteiger partial charge in [0, 0.05) is 0 Å². The Bertz CT molecular complexity index is 2550. The van der Waals surface area contributed by atoms with Crippen LogP contribution in [0.4, 0.5) is 0 Å². The molecule has 0 nitrogen and oxygen atoms in total. The van der Waals surface area contributed by atoms with Crippen LogP contribution in [0.2, 0.25) is 0 Å². The summed E-state index contributed by atoms with van der Waals surface area (Å²) < 4.78 is 0. The molecule has 0 heteroatoms. The second-order valence-electron chi connectivity index (χ2n) is 11.7. The van der Waals surface area contributed by atoms with Gasteiger partial charge in [-0.05, 0) is 112 Å². The maximum Gasteiger partial charge on any atom is -0.00259 e. The second-order valence-corrected chi connectivity index (χ2v) is 11.7. The summed E-state index contributed by atoms with van der Waals surface area (Å²) in [6.45, 7) is 0. The zero-order valence-electron chi connectivity index (χ0n) is 24.2. The molecule has 0 saturated heterocycles. The lowest BCUT2D eigenvalue weighted by atomic mass is 9.87. The topological polar surface area (TPSA) is 0 Å². The molecule has 0 atom stereocenters. The van der Waals surface area contributed by atoms with Crippen LogP contribution in [-0.2, 0) is 0 Å². The number of hydrogen-bond donors (Lipinski definition) is 0. The van der Waals surface area contributed by atoms with Crippen molar-refractivity contribution in [3.05, 3.63) is 170 Å². The third-order valence-corrected chi connectivity index (χ3v) is 9.20. The molecule has 0 aromatic heterocycles. The summed E-state index contributed by atoms with van der Waals surface area (Å²) in [6.07, 6.45) is 0. The van der Waals surface area contributed by atoms with Gasteiger partial charge in [-0.25, -0.2) is 0 Å². The van der Waals surface area contributed by atoms with Crippen molar-refractivity contribution in [2.75, 3.05) is 0 Å². The minimum absolute atomic E-state index is 1.23. The van der Waals surface area contributed by atoms with Gasteiger partial charge >= 0.3 is 0 Å². The van der Waals surface area contributed by atoms with Crippen LogP contribution in [0.25, 0.3) is 87.2 Å². The summed E-state index contributed by atoms with van der Waals surface area (Å²) >= 11 is 0. The highest BCUT2D eigenvalue weighted by Gasteiger charge is 2.15. The molecule has 0 bridgehead atoms. The minimum Gasteiger partial charge on any atom is -0.0616 e. The van der Waals surface area contributed by atoms with Gasteiger partial charge in [0.1, 0.15) is 0 Å². The van der Waals surface area contributed by atoms with E-state index < -0.39 is 0 Å². The molecule has 9 rings (SSSR count). The van der Waals surface area contributed by atoms with E-state index in [1.165, 1.54) is 87.2 Å². The lowest BCUT2D eigenvalue weighted by Crippen LogP contribution is -1.90. The third-order valence-electron chi connectivity index (χ3n) is 9.20. The molecule has 0 aliphatic rings. The SMILES string of the molecule is c1cc(-c2cccc3ccccc23)cc(-c2cc3cc(-c4ccc5ccccc5c4)c4ccccc4c3c3ccccc23)c1. The van der Waals surface area contributed by atoms with Gasteiger partial charge < -0.3 is 0 Å². The molecule has 0 saturated carbocycles. The van der Waals surface area contributed by atoms with Crippen LogP contribution in [0.15, 0.2) is 170 Å². The molecular weight excluding hydrogens is 528 g/mol. The second kappa shape index (κ2) is 9.93. The van der Waals surface area contributed by atoms with Crippen LogP contribution >= 0.6 is 0 Å². The maximum atomic E-state index is 2.41. The van der Waals surface area contributed by atoms with Gasteiger partial charge in [-0.1, -0.05) is 146 Å². The lowest BCUT2D eigenvalue weighted by Gasteiger charge is -2.17. The van der Waals surface area contributed by atoms with E-state index in [1.54, 1.807) is 0 Å². The van der Waals surface area contributed by atoms with Crippen LogP contribution in [0, 0.1) is 0 Å². The van der Waals surface area contributed by atoms with Crippen molar-refractivity contribution in [2.24, 2.45) is 0 Å². The van der Waals surface area contributed by atoms with Gasteiger partial charge in [0.2, 0.25) is 0 Å². The fourth-order valence-corrected chi connectivity index (χ4v) is 7.15. The molecule has 0 heterocycles. The van der Waals surface area contributed by atoms with Crippen LogP contribution in [0.3, 0.4) is 0 Å². The first-order chi connectivity index (χ1) is 21.8. The smallest absolute Gasteiger partial charge is 0.00259 e. The largest absolute Gasteiger partial charge is 0.0616 e. The predicted octanol–water partition coefficient (Wildman–Crippen LogP) is 12.5. The van der Waals surface area contributed by atoms with Crippen molar-refractivity contribution in [3.63, 3.8) is 0 Å². The van der Waals surface area contributed by atoms with Crippen molar-refractivity contribution in [3.8, 4) is 33.4 Å². The minimum atomic E-state index is 1.23.